The molecule has 20 heavy (non-hydrogen) atoms. The zero-order valence-corrected chi connectivity index (χ0v) is 13.7. The van der Waals surface area contributed by atoms with Gasteiger partial charge in [0.2, 0.25) is 5.89 Å². The average Bonchev–Trinajstić information content (AvgIpc) is 2.73. The number of nitrogens with two attached hydrogens (primary N) is 1. The third kappa shape index (κ3) is 5.98. The smallest absolute Gasteiger partial charge is 0.240 e. The molecule has 6 heteroatoms. The van der Waals surface area contributed by atoms with Gasteiger partial charge in [0.05, 0.1) is 12.1 Å². The van der Waals surface area contributed by atoms with Gasteiger partial charge in [-0.05, 0) is 33.9 Å². The Morgan fingerprint density at radius 1 is 1.25 bits per heavy atom. The van der Waals surface area contributed by atoms with Crippen LogP contribution in [0, 0.1) is 5.92 Å². The van der Waals surface area contributed by atoms with Crippen molar-refractivity contribution in [2.75, 3.05) is 33.7 Å². The Balaban J connectivity index is 2.66. The van der Waals surface area contributed by atoms with Crippen molar-refractivity contribution in [3.8, 4) is 0 Å². The van der Waals surface area contributed by atoms with E-state index in [0.29, 0.717) is 24.2 Å². The van der Waals surface area contributed by atoms with E-state index in [1.165, 1.54) is 0 Å². The van der Waals surface area contributed by atoms with Gasteiger partial charge in [-0.2, -0.15) is 4.98 Å². The van der Waals surface area contributed by atoms with E-state index < -0.39 is 5.54 Å². The Bertz CT molecular complexity index is 395. The Morgan fingerprint density at radius 2 is 1.90 bits per heavy atom. The second-order valence-electron chi connectivity index (χ2n) is 6.67. The third-order valence-electron chi connectivity index (χ3n) is 2.89. The van der Waals surface area contributed by atoms with Gasteiger partial charge in [0.25, 0.3) is 0 Å². The highest BCUT2D eigenvalue weighted by Crippen LogP contribution is 2.14. The van der Waals surface area contributed by atoms with Crippen molar-refractivity contribution >= 4 is 0 Å². The molecule has 0 aliphatic heterocycles. The van der Waals surface area contributed by atoms with E-state index in [-0.39, 0.29) is 0 Å². The van der Waals surface area contributed by atoms with E-state index in [9.17, 15) is 0 Å². The van der Waals surface area contributed by atoms with Crippen LogP contribution in [0.1, 0.15) is 39.4 Å². The molecule has 0 unspecified atom stereocenters. The fourth-order valence-corrected chi connectivity index (χ4v) is 1.86. The zero-order chi connectivity index (χ0) is 15.3. The van der Waals surface area contributed by atoms with Crippen LogP contribution >= 0.6 is 0 Å². The summed E-state index contributed by atoms with van der Waals surface area (Å²) in [5, 5.41) is 3.97. The number of hydrogen-bond acceptors (Lipinski definition) is 6. The number of hydrogen-bond donors (Lipinski definition) is 1. The predicted molar refractivity (Wildman–Crippen MR) is 80.2 cm³/mol. The molecule has 0 aromatic carbocycles. The highest BCUT2D eigenvalue weighted by Gasteiger charge is 2.22. The van der Waals surface area contributed by atoms with Gasteiger partial charge in [0.15, 0.2) is 5.82 Å². The SMILES string of the molecule is CC(C)CN(CCN(C)C)Cc1nc(C(C)(C)N)no1. The molecule has 0 fully saturated rings. The van der Waals surface area contributed by atoms with Gasteiger partial charge in [-0.3, -0.25) is 4.90 Å². The zero-order valence-electron chi connectivity index (χ0n) is 13.7. The van der Waals surface area contributed by atoms with Crippen LogP contribution in [-0.2, 0) is 12.1 Å². The lowest BCUT2D eigenvalue weighted by atomic mass is 10.1. The minimum absolute atomic E-state index is 0.560. The van der Waals surface area contributed by atoms with E-state index in [0.717, 1.165) is 19.6 Å². The molecular formula is C14H29N5O. The van der Waals surface area contributed by atoms with Crippen LogP contribution in [0.4, 0.5) is 0 Å². The van der Waals surface area contributed by atoms with Crippen molar-refractivity contribution in [2.24, 2.45) is 11.7 Å². The van der Waals surface area contributed by atoms with Crippen LogP contribution in [0.25, 0.3) is 0 Å². The molecule has 2 N–H and O–H groups in total. The largest absolute Gasteiger partial charge is 0.338 e. The van der Waals surface area contributed by atoms with Gasteiger partial charge >= 0.3 is 0 Å². The van der Waals surface area contributed by atoms with E-state index >= 15 is 0 Å². The summed E-state index contributed by atoms with van der Waals surface area (Å²) in [7, 11) is 4.16. The first-order valence-corrected chi connectivity index (χ1v) is 7.17. The maximum absolute atomic E-state index is 5.97. The highest BCUT2D eigenvalue weighted by atomic mass is 16.5. The lowest BCUT2D eigenvalue weighted by Crippen LogP contribution is -2.34. The van der Waals surface area contributed by atoms with E-state index in [4.69, 9.17) is 10.3 Å². The molecule has 1 heterocycles. The number of likely N-dealkylation sites (N-methyl/N-ethyl adjacent to an activating group) is 1. The van der Waals surface area contributed by atoms with Crippen molar-refractivity contribution in [3.05, 3.63) is 11.7 Å². The summed E-state index contributed by atoms with van der Waals surface area (Å²) in [5.74, 6) is 1.80. The first-order chi connectivity index (χ1) is 9.18. The second-order valence-corrected chi connectivity index (χ2v) is 6.67. The molecule has 0 aliphatic rings. The van der Waals surface area contributed by atoms with Crippen LogP contribution in [0.3, 0.4) is 0 Å². The summed E-state index contributed by atoms with van der Waals surface area (Å²) in [5.41, 5.74) is 5.41. The van der Waals surface area contributed by atoms with E-state index in [1.807, 2.05) is 13.8 Å². The molecule has 0 saturated carbocycles. The molecule has 1 rings (SSSR count). The third-order valence-corrected chi connectivity index (χ3v) is 2.89. The molecule has 0 radical (unpaired) electrons. The lowest BCUT2D eigenvalue weighted by molar-refractivity contribution is 0.188. The molecule has 0 spiro atoms. The monoisotopic (exact) mass is 283 g/mol. The van der Waals surface area contributed by atoms with Crippen LogP contribution < -0.4 is 5.73 Å². The minimum atomic E-state index is -0.561. The molecule has 0 saturated heterocycles. The van der Waals surface area contributed by atoms with Crippen molar-refractivity contribution < 1.29 is 4.52 Å². The molecule has 0 bridgehead atoms. The fourth-order valence-electron chi connectivity index (χ4n) is 1.86. The molecule has 1 aromatic heterocycles. The van der Waals surface area contributed by atoms with E-state index in [1.54, 1.807) is 0 Å². The summed E-state index contributed by atoms with van der Waals surface area (Å²) < 4.78 is 5.31. The molecule has 1 aromatic rings. The Morgan fingerprint density at radius 3 is 2.35 bits per heavy atom. The standard InChI is InChI=1S/C14H29N5O/c1-11(2)9-19(8-7-18(5)6)10-12-16-13(17-20-12)14(3,4)15/h11H,7-10,15H2,1-6H3. The maximum Gasteiger partial charge on any atom is 0.240 e. The summed E-state index contributed by atoms with van der Waals surface area (Å²) >= 11 is 0. The quantitative estimate of drug-likeness (QED) is 0.775. The van der Waals surface area contributed by atoms with Gasteiger partial charge in [-0.25, -0.2) is 0 Å². The van der Waals surface area contributed by atoms with Crippen molar-refractivity contribution in [1.29, 1.82) is 0 Å². The second kappa shape index (κ2) is 7.15. The number of nitrogens with zero attached hydrogens (tertiary/aromatic N) is 4. The van der Waals surface area contributed by atoms with Crippen LogP contribution in [0.2, 0.25) is 0 Å². The highest BCUT2D eigenvalue weighted by molar-refractivity contribution is 4.99. The topological polar surface area (TPSA) is 71.4 Å². The average molecular weight is 283 g/mol. The molecule has 0 atom stereocenters. The van der Waals surface area contributed by atoms with Crippen molar-refractivity contribution in [2.45, 2.75) is 39.8 Å². The number of aromatic nitrogens is 2. The maximum atomic E-state index is 5.97. The Kier molecular flexibility index (Phi) is 6.10. The fraction of sp³-hybridized carbons (Fsp3) is 0.857. The Hall–Kier alpha value is -0.980. The van der Waals surface area contributed by atoms with Crippen molar-refractivity contribution in [3.63, 3.8) is 0 Å². The number of rotatable bonds is 8. The summed E-state index contributed by atoms with van der Waals surface area (Å²) in [6.07, 6.45) is 0. The summed E-state index contributed by atoms with van der Waals surface area (Å²) in [6, 6.07) is 0. The van der Waals surface area contributed by atoms with Gasteiger partial charge in [0, 0.05) is 19.6 Å². The first-order valence-electron chi connectivity index (χ1n) is 7.17. The molecular weight excluding hydrogens is 254 g/mol. The predicted octanol–water partition coefficient (Wildman–Crippen LogP) is 1.28. The summed E-state index contributed by atoms with van der Waals surface area (Å²) in [4.78, 5) is 8.91. The summed E-state index contributed by atoms with van der Waals surface area (Å²) in [6.45, 7) is 11.9. The molecule has 116 valence electrons. The first kappa shape index (κ1) is 17.1. The van der Waals surface area contributed by atoms with Gasteiger partial charge in [0.1, 0.15) is 0 Å². The molecule has 6 nitrogen and oxygen atoms in total. The van der Waals surface area contributed by atoms with Crippen molar-refractivity contribution in [1.82, 2.24) is 19.9 Å². The van der Waals surface area contributed by atoms with Gasteiger partial charge in [-0.1, -0.05) is 19.0 Å². The van der Waals surface area contributed by atoms with Gasteiger partial charge < -0.3 is 15.2 Å². The lowest BCUT2D eigenvalue weighted by Gasteiger charge is -2.24. The van der Waals surface area contributed by atoms with Crippen LogP contribution in [0.15, 0.2) is 4.52 Å². The van der Waals surface area contributed by atoms with Gasteiger partial charge in [-0.15, -0.1) is 0 Å². The van der Waals surface area contributed by atoms with Crippen LogP contribution in [-0.4, -0.2) is 53.7 Å². The molecule has 0 aliphatic carbocycles. The van der Waals surface area contributed by atoms with E-state index in [2.05, 4.69) is 47.9 Å². The normalized spacial score (nSPS) is 12.9. The minimum Gasteiger partial charge on any atom is -0.338 e. The van der Waals surface area contributed by atoms with Crippen LogP contribution in [0.5, 0.6) is 0 Å². The Labute approximate surface area is 122 Å². The molecule has 0 amide bonds.